The van der Waals surface area contributed by atoms with Gasteiger partial charge in [0.2, 0.25) is 16.9 Å². The van der Waals surface area contributed by atoms with Crippen molar-refractivity contribution >= 4 is 28.3 Å². The molecule has 0 aromatic carbocycles. The zero-order valence-corrected chi connectivity index (χ0v) is 13.6. The maximum atomic E-state index is 12.2. The highest BCUT2D eigenvalue weighted by molar-refractivity contribution is 7.13. The highest BCUT2D eigenvalue weighted by Crippen LogP contribution is 2.12. The van der Waals surface area contributed by atoms with E-state index < -0.39 is 0 Å². The van der Waals surface area contributed by atoms with Crippen molar-refractivity contribution < 1.29 is 14.3 Å². The third-order valence-electron chi connectivity index (χ3n) is 3.67. The number of rotatable bonds is 5. The molecule has 2 amide bonds. The van der Waals surface area contributed by atoms with Crippen molar-refractivity contribution in [2.75, 3.05) is 45.2 Å². The van der Waals surface area contributed by atoms with Crippen LogP contribution >= 0.6 is 11.3 Å². The molecule has 2 rings (SSSR count). The maximum Gasteiger partial charge on any atom is 0.248 e. The Bertz CT molecular complexity index is 496. The van der Waals surface area contributed by atoms with Gasteiger partial charge in [0.1, 0.15) is 12.1 Å². The molecule has 2 heterocycles. The molecule has 0 bridgehead atoms. The summed E-state index contributed by atoms with van der Waals surface area (Å²) < 4.78 is 4.89. The van der Waals surface area contributed by atoms with Crippen LogP contribution in [0.25, 0.3) is 0 Å². The fourth-order valence-electron chi connectivity index (χ4n) is 2.39. The van der Waals surface area contributed by atoms with Crippen molar-refractivity contribution in [3.05, 3.63) is 5.51 Å². The Morgan fingerprint density at radius 1 is 1.41 bits per heavy atom. The van der Waals surface area contributed by atoms with E-state index in [0.29, 0.717) is 24.8 Å². The van der Waals surface area contributed by atoms with Crippen LogP contribution < -0.4 is 5.32 Å². The summed E-state index contributed by atoms with van der Waals surface area (Å²) in [6.45, 7) is 4.72. The summed E-state index contributed by atoms with van der Waals surface area (Å²) in [7, 11) is 1.52. The van der Waals surface area contributed by atoms with E-state index in [4.69, 9.17) is 4.74 Å². The van der Waals surface area contributed by atoms with Gasteiger partial charge in [-0.3, -0.25) is 19.8 Å². The molecule has 1 saturated heterocycles. The van der Waals surface area contributed by atoms with Crippen LogP contribution in [0.5, 0.6) is 0 Å². The smallest absolute Gasteiger partial charge is 0.248 e. The number of hydrogen-bond acceptors (Lipinski definition) is 7. The number of nitrogens with zero attached hydrogens (tertiary/aromatic N) is 4. The Morgan fingerprint density at radius 2 is 2.23 bits per heavy atom. The SMILES string of the molecule is COCC(=O)N1CCCN([C@H](C)C(=O)Nc2nncs2)CC1. The van der Waals surface area contributed by atoms with Crippen LogP contribution in [0.3, 0.4) is 0 Å². The number of ether oxygens (including phenoxy) is 1. The normalized spacial score (nSPS) is 17.8. The van der Waals surface area contributed by atoms with Crippen molar-refractivity contribution in [2.45, 2.75) is 19.4 Å². The van der Waals surface area contributed by atoms with Crippen molar-refractivity contribution in [1.82, 2.24) is 20.0 Å². The Labute approximate surface area is 133 Å². The quantitative estimate of drug-likeness (QED) is 0.822. The molecule has 1 atom stereocenters. The van der Waals surface area contributed by atoms with Crippen molar-refractivity contribution in [2.24, 2.45) is 0 Å². The molecule has 0 radical (unpaired) electrons. The highest BCUT2D eigenvalue weighted by Gasteiger charge is 2.25. The third kappa shape index (κ3) is 4.46. The predicted molar refractivity (Wildman–Crippen MR) is 82.6 cm³/mol. The molecule has 1 aliphatic heterocycles. The van der Waals surface area contributed by atoms with Crippen molar-refractivity contribution in [1.29, 1.82) is 0 Å². The lowest BCUT2D eigenvalue weighted by Gasteiger charge is -2.26. The van der Waals surface area contributed by atoms with Crippen LogP contribution in [-0.4, -0.2) is 77.7 Å². The molecular weight excluding hydrogens is 306 g/mol. The van der Waals surface area contributed by atoms with Crippen molar-refractivity contribution in [3.8, 4) is 0 Å². The minimum Gasteiger partial charge on any atom is -0.375 e. The first kappa shape index (κ1) is 16.8. The van der Waals surface area contributed by atoms with Crippen LogP contribution in [-0.2, 0) is 14.3 Å². The van der Waals surface area contributed by atoms with E-state index in [-0.39, 0.29) is 24.5 Å². The Hall–Kier alpha value is -1.58. The van der Waals surface area contributed by atoms with E-state index in [0.717, 1.165) is 13.0 Å². The standard InChI is InChI=1S/C13H21N5O3S/c1-10(12(20)15-13-16-14-9-22-13)17-4-3-5-18(7-6-17)11(19)8-21-2/h9-10H,3-8H2,1-2H3,(H,15,16,20)/t10-/m1/s1. The number of hydrogen-bond donors (Lipinski definition) is 1. The summed E-state index contributed by atoms with van der Waals surface area (Å²) in [6, 6.07) is -0.277. The predicted octanol–water partition coefficient (Wildman–Crippen LogP) is 0.0458. The number of amides is 2. The minimum absolute atomic E-state index is 0.00434. The first-order chi connectivity index (χ1) is 10.6. The third-order valence-corrected chi connectivity index (χ3v) is 4.28. The average Bonchev–Trinajstić information content (AvgIpc) is 2.88. The van der Waals surface area contributed by atoms with Gasteiger partial charge in [0.15, 0.2) is 0 Å². The molecule has 0 aliphatic carbocycles. The Kier molecular flexibility index (Phi) is 6.22. The van der Waals surface area contributed by atoms with Crippen LogP contribution in [0.1, 0.15) is 13.3 Å². The fraction of sp³-hybridized carbons (Fsp3) is 0.692. The van der Waals surface area contributed by atoms with Crippen LogP contribution in [0.15, 0.2) is 5.51 Å². The second-order valence-electron chi connectivity index (χ2n) is 5.11. The lowest BCUT2D eigenvalue weighted by Crippen LogP contribution is -2.44. The van der Waals surface area contributed by atoms with Gasteiger partial charge in [-0.05, 0) is 13.3 Å². The number of methoxy groups -OCH3 is 1. The van der Waals surface area contributed by atoms with Gasteiger partial charge >= 0.3 is 0 Å². The van der Waals surface area contributed by atoms with Gasteiger partial charge in [0, 0.05) is 33.3 Å². The summed E-state index contributed by atoms with van der Waals surface area (Å²) >= 11 is 1.29. The van der Waals surface area contributed by atoms with E-state index in [1.807, 2.05) is 6.92 Å². The topological polar surface area (TPSA) is 87.7 Å². The summed E-state index contributed by atoms with van der Waals surface area (Å²) in [5.41, 5.74) is 1.57. The Balaban J connectivity index is 1.87. The van der Waals surface area contributed by atoms with Gasteiger partial charge in [-0.15, -0.1) is 10.2 Å². The largest absolute Gasteiger partial charge is 0.375 e. The monoisotopic (exact) mass is 327 g/mol. The van der Waals surface area contributed by atoms with Crippen LogP contribution in [0.2, 0.25) is 0 Å². The molecule has 8 nitrogen and oxygen atoms in total. The summed E-state index contributed by atoms with van der Waals surface area (Å²) in [5, 5.41) is 10.8. The summed E-state index contributed by atoms with van der Waals surface area (Å²) in [4.78, 5) is 28.0. The average molecular weight is 327 g/mol. The van der Waals surface area contributed by atoms with E-state index in [2.05, 4.69) is 20.4 Å². The molecule has 1 aromatic rings. The van der Waals surface area contributed by atoms with Crippen molar-refractivity contribution in [3.63, 3.8) is 0 Å². The lowest BCUT2D eigenvalue weighted by molar-refractivity contribution is -0.135. The van der Waals surface area contributed by atoms with E-state index >= 15 is 0 Å². The number of carbonyl (C=O) groups excluding carboxylic acids is 2. The van der Waals surface area contributed by atoms with Crippen LogP contribution in [0.4, 0.5) is 5.13 Å². The van der Waals surface area contributed by atoms with Gasteiger partial charge in [-0.1, -0.05) is 11.3 Å². The van der Waals surface area contributed by atoms with Gasteiger partial charge in [-0.25, -0.2) is 0 Å². The van der Waals surface area contributed by atoms with Gasteiger partial charge in [0.25, 0.3) is 0 Å². The molecule has 0 saturated carbocycles. The molecule has 1 aromatic heterocycles. The van der Waals surface area contributed by atoms with Gasteiger partial charge in [0.05, 0.1) is 6.04 Å². The molecule has 0 spiro atoms. The number of nitrogens with one attached hydrogen (secondary N) is 1. The molecule has 122 valence electrons. The molecule has 1 fully saturated rings. The number of anilines is 1. The minimum atomic E-state index is -0.277. The number of carbonyl (C=O) groups is 2. The van der Waals surface area contributed by atoms with E-state index in [1.165, 1.54) is 18.4 Å². The summed E-state index contributed by atoms with van der Waals surface area (Å²) in [6.07, 6.45) is 0.839. The summed E-state index contributed by atoms with van der Waals surface area (Å²) in [5.74, 6) is -0.108. The zero-order valence-electron chi connectivity index (χ0n) is 12.8. The second-order valence-corrected chi connectivity index (χ2v) is 5.95. The second kappa shape index (κ2) is 8.16. The maximum absolute atomic E-state index is 12.2. The highest BCUT2D eigenvalue weighted by atomic mass is 32.1. The number of aromatic nitrogens is 2. The molecule has 22 heavy (non-hydrogen) atoms. The van der Waals surface area contributed by atoms with Gasteiger partial charge in [-0.2, -0.15) is 0 Å². The van der Waals surface area contributed by atoms with E-state index in [9.17, 15) is 9.59 Å². The first-order valence-corrected chi connectivity index (χ1v) is 8.07. The molecule has 1 aliphatic rings. The molecule has 9 heteroatoms. The fourth-order valence-corrected chi connectivity index (χ4v) is 2.84. The van der Waals surface area contributed by atoms with E-state index in [1.54, 1.807) is 10.4 Å². The molecule has 0 unspecified atom stereocenters. The Morgan fingerprint density at radius 3 is 2.91 bits per heavy atom. The lowest BCUT2D eigenvalue weighted by atomic mass is 10.2. The van der Waals surface area contributed by atoms with Crippen LogP contribution in [0, 0.1) is 0 Å². The molecular formula is C13H21N5O3S. The zero-order chi connectivity index (χ0) is 15.9. The van der Waals surface area contributed by atoms with Gasteiger partial charge < -0.3 is 9.64 Å². The molecule has 1 N–H and O–H groups in total. The first-order valence-electron chi connectivity index (χ1n) is 7.19.